The fraction of sp³-hybridized carbons (Fsp3) is 0.300. The molecule has 5 nitrogen and oxygen atoms in total. The molecular formula is C20H21N3O2. The molecule has 4 rings (SSSR count). The minimum Gasteiger partial charge on any atom is -0.376 e. The smallest absolute Gasteiger partial charge is 0.266 e. The molecule has 5 heteroatoms. The average Bonchev–Trinajstić information content (AvgIpc) is 3.14. The van der Waals surface area contributed by atoms with Crippen LogP contribution in [0.15, 0.2) is 59.6 Å². The first kappa shape index (κ1) is 16.0. The van der Waals surface area contributed by atoms with E-state index in [4.69, 9.17) is 10.5 Å². The summed E-state index contributed by atoms with van der Waals surface area (Å²) in [6.45, 7) is 1.27. The molecule has 2 heterocycles. The number of hydrogen-bond acceptors (Lipinski definition) is 4. The van der Waals surface area contributed by atoms with Gasteiger partial charge in [-0.3, -0.25) is 9.79 Å². The van der Waals surface area contributed by atoms with Gasteiger partial charge in [0.1, 0.15) is 0 Å². The summed E-state index contributed by atoms with van der Waals surface area (Å²) in [6.07, 6.45) is 1.14. The van der Waals surface area contributed by atoms with Crippen LogP contribution in [-0.2, 0) is 9.53 Å². The second-order valence-corrected chi connectivity index (χ2v) is 6.39. The number of carbonyl (C=O) groups is 1. The standard InChI is InChI=1S/C20H21N3O2/c21-19-20(24)23(13-15-9-6-12-25-15)17-11-5-4-10-16(17)18(22-19)14-7-2-1-3-8-14/h1-5,7-8,10-11,15,19H,6,9,12-13,21H2. The van der Waals surface area contributed by atoms with Crippen molar-refractivity contribution in [2.24, 2.45) is 10.7 Å². The lowest BCUT2D eigenvalue weighted by molar-refractivity contribution is -0.120. The minimum atomic E-state index is -0.913. The Morgan fingerprint density at radius 2 is 1.88 bits per heavy atom. The number of para-hydroxylation sites is 1. The average molecular weight is 335 g/mol. The maximum absolute atomic E-state index is 12.9. The van der Waals surface area contributed by atoms with Gasteiger partial charge in [0.05, 0.1) is 24.0 Å². The topological polar surface area (TPSA) is 67.9 Å². The van der Waals surface area contributed by atoms with Gasteiger partial charge < -0.3 is 15.4 Å². The molecule has 0 aliphatic carbocycles. The van der Waals surface area contributed by atoms with Gasteiger partial charge in [-0.2, -0.15) is 0 Å². The van der Waals surface area contributed by atoms with Gasteiger partial charge in [0.15, 0.2) is 6.17 Å². The molecule has 0 saturated carbocycles. The highest BCUT2D eigenvalue weighted by molar-refractivity contribution is 6.20. The van der Waals surface area contributed by atoms with E-state index in [1.807, 2.05) is 54.6 Å². The Labute approximate surface area is 147 Å². The van der Waals surface area contributed by atoms with Crippen molar-refractivity contribution in [3.05, 3.63) is 65.7 Å². The number of benzodiazepines with no additional fused rings is 1. The van der Waals surface area contributed by atoms with Crippen LogP contribution in [-0.4, -0.2) is 37.0 Å². The summed E-state index contributed by atoms with van der Waals surface area (Å²) >= 11 is 0. The predicted octanol–water partition coefficient (Wildman–Crippen LogP) is 2.33. The largest absolute Gasteiger partial charge is 0.376 e. The van der Waals surface area contributed by atoms with Gasteiger partial charge in [-0.05, 0) is 18.9 Å². The molecule has 0 bridgehead atoms. The van der Waals surface area contributed by atoms with E-state index in [1.54, 1.807) is 4.90 Å². The van der Waals surface area contributed by atoms with Crippen LogP contribution < -0.4 is 10.6 Å². The second kappa shape index (κ2) is 6.78. The van der Waals surface area contributed by atoms with Gasteiger partial charge in [-0.25, -0.2) is 0 Å². The number of amides is 1. The lowest BCUT2D eigenvalue weighted by Gasteiger charge is -2.26. The molecule has 1 amide bonds. The van der Waals surface area contributed by atoms with E-state index in [0.29, 0.717) is 6.54 Å². The Hall–Kier alpha value is -2.50. The molecular weight excluding hydrogens is 314 g/mol. The third kappa shape index (κ3) is 3.08. The number of aliphatic imine (C=N–C) groups is 1. The van der Waals surface area contributed by atoms with Crippen LogP contribution in [0.3, 0.4) is 0 Å². The number of rotatable bonds is 3. The van der Waals surface area contributed by atoms with E-state index in [1.165, 1.54) is 0 Å². The third-order valence-electron chi connectivity index (χ3n) is 4.69. The summed E-state index contributed by atoms with van der Waals surface area (Å²) in [6, 6.07) is 17.7. The van der Waals surface area contributed by atoms with Gasteiger partial charge in [0.2, 0.25) is 0 Å². The number of nitrogens with zero attached hydrogens (tertiary/aromatic N) is 2. The normalized spacial score (nSPS) is 23.2. The molecule has 0 spiro atoms. The van der Waals surface area contributed by atoms with Gasteiger partial charge >= 0.3 is 0 Å². The van der Waals surface area contributed by atoms with Crippen molar-refractivity contribution in [3.8, 4) is 0 Å². The Morgan fingerprint density at radius 1 is 1.12 bits per heavy atom. The molecule has 25 heavy (non-hydrogen) atoms. The highest BCUT2D eigenvalue weighted by atomic mass is 16.5. The first-order chi connectivity index (χ1) is 12.2. The fourth-order valence-corrected chi connectivity index (χ4v) is 3.46. The van der Waals surface area contributed by atoms with E-state index in [9.17, 15) is 4.79 Å². The van der Waals surface area contributed by atoms with Crippen LogP contribution in [0, 0.1) is 0 Å². The second-order valence-electron chi connectivity index (χ2n) is 6.39. The third-order valence-corrected chi connectivity index (χ3v) is 4.69. The number of ether oxygens (including phenoxy) is 1. The van der Waals surface area contributed by atoms with Crippen LogP contribution >= 0.6 is 0 Å². The summed E-state index contributed by atoms with van der Waals surface area (Å²) in [4.78, 5) is 19.2. The van der Waals surface area contributed by atoms with Crippen molar-refractivity contribution < 1.29 is 9.53 Å². The first-order valence-corrected chi connectivity index (χ1v) is 8.65. The number of benzene rings is 2. The van der Waals surface area contributed by atoms with Gasteiger partial charge in [0.25, 0.3) is 5.91 Å². The highest BCUT2D eigenvalue weighted by Gasteiger charge is 2.32. The lowest BCUT2D eigenvalue weighted by atomic mass is 10.00. The molecule has 2 atom stereocenters. The molecule has 128 valence electrons. The number of fused-ring (bicyclic) bond motifs is 1. The van der Waals surface area contributed by atoms with E-state index < -0.39 is 6.17 Å². The zero-order valence-corrected chi connectivity index (χ0v) is 14.0. The molecule has 2 aliphatic rings. The summed E-state index contributed by atoms with van der Waals surface area (Å²) in [5.74, 6) is -0.186. The van der Waals surface area contributed by atoms with Crippen LogP contribution in [0.4, 0.5) is 5.69 Å². The summed E-state index contributed by atoms with van der Waals surface area (Å²) in [7, 11) is 0. The van der Waals surface area contributed by atoms with Gasteiger partial charge in [0, 0.05) is 17.7 Å². The van der Waals surface area contributed by atoms with Crippen LogP contribution in [0.2, 0.25) is 0 Å². The summed E-state index contributed by atoms with van der Waals surface area (Å²) in [5, 5.41) is 0. The quantitative estimate of drug-likeness (QED) is 0.936. The maximum Gasteiger partial charge on any atom is 0.266 e. The Balaban J connectivity index is 1.79. The zero-order chi connectivity index (χ0) is 17.2. The van der Waals surface area contributed by atoms with Crippen LogP contribution in [0.25, 0.3) is 0 Å². The number of hydrogen-bond donors (Lipinski definition) is 1. The van der Waals surface area contributed by atoms with Crippen molar-refractivity contribution in [3.63, 3.8) is 0 Å². The van der Waals surface area contributed by atoms with Gasteiger partial charge in [-0.1, -0.05) is 48.5 Å². The molecule has 0 aromatic heterocycles. The molecule has 2 aromatic rings. The number of nitrogens with two attached hydrogens (primary N) is 1. The van der Waals surface area contributed by atoms with E-state index in [0.717, 1.165) is 42.0 Å². The van der Waals surface area contributed by atoms with Crippen molar-refractivity contribution in [1.29, 1.82) is 0 Å². The fourth-order valence-electron chi connectivity index (χ4n) is 3.46. The van der Waals surface area contributed by atoms with E-state index in [-0.39, 0.29) is 12.0 Å². The van der Waals surface area contributed by atoms with Crippen molar-refractivity contribution >= 4 is 17.3 Å². The number of carbonyl (C=O) groups excluding carboxylic acids is 1. The maximum atomic E-state index is 12.9. The Kier molecular flexibility index (Phi) is 4.34. The molecule has 1 fully saturated rings. The summed E-state index contributed by atoms with van der Waals surface area (Å²) in [5.41, 5.74) is 9.61. The zero-order valence-electron chi connectivity index (χ0n) is 14.0. The SMILES string of the molecule is NC1N=C(c2ccccc2)c2ccccc2N(CC2CCCO2)C1=O. The lowest BCUT2D eigenvalue weighted by Crippen LogP contribution is -2.45. The molecule has 1 saturated heterocycles. The molecule has 0 radical (unpaired) electrons. The highest BCUT2D eigenvalue weighted by Crippen LogP contribution is 2.29. The van der Waals surface area contributed by atoms with Crippen LogP contribution in [0.5, 0.6) is 0 Å². The van der Waals surface area contributed by atoms with Crippen LogP contribution in [0.1, 0.15) is 24.0 Å². The minimum absolute atomic E-state index is 0.0579. The van der Waals surface area contributed by atoms with Crippen molar-refractivity contribution in [2.45, 2.75) is 25.1 Å². The predicted molar refractivity (Wildman–Crippen MR) is 97.8 cm³/mol. The molecule has 2 unspecified atom stereocenters. The number of anilines is 1. The molecule has 2 N–H and O–H groups in total. The van der Waals surface area contributed by atoms with Crippen molar-refractivity contribution in [1.82, 2.24) is 0 Å². The summed E-state index contributed by atoms with van der Waals surface area (Å²) < 4.78 is 5.73. The van der Waals surface area contributed by atoms with Crippen molar-refractivity contribution in [2.75, 3.05) is 18.1 Å². The first-order valence-electron chi connectivity index (χ1n) is 8.65. The molecule has 2 aliphatic heterocycles. The van der Waals surface area contributed by atoms with Gasteiger partial charge in [-0.15, -0.1) is 0 Å². The monoisotopic (exact) mass is 335 g/mol. The van der Waals surface area contributed by atoms with E-state index in [2.05, 4.69) is 4.99 Å². The Morgan fingerprint density at radius 3 is 2.64 bits per heavy atom. The molecule has 2 aromatic carbocycles. The van der Waals surface area contributed by atoms with E-state index >= 15 is 0 Å². The Bertz CT molecular complexity index is 798.